The van der Waals surface area contributed by atoms with E-state index >= 15 is 0 Å². The summed E-state index contributed by atoms with van der Waals surface area (Å²) in [5, 5.41) is 7.46. The standard InChI is InChI=1S/C17H22N2O2.ClH/c1-10-6-13-9-16(21-15(13)7-11(10)2)17(20)19-14-4-5-18-12(3)8-14;/h6-7,9,12,14,18H,4-5,8H2,1-3H3,(H,19,20);1H. The Morgan fingerprint density at radius 2 is 2.00 bits per heavy atom. The Morgan fingerprint density at radius 3 is 2.73 bits per heavy atom. The summed E-state index contributed by atoms with van der Waals surface area (Å²) in [7, 11) is 0. The van der Waals surface area contributed by atoms with Crippen LogP contribution in [0.25, 0.3) is 11.0 Å². The van der Waals surface area contributed by atoms with Gasteiger partial charge in [0.1, 0.15) is 5.58 Å². The van der Waals surface area contributed by atoms with E-state index in [1.165, 1.54) is 11.1 Å². The van der Waals surface area contributed by atoms with E-state index in [4.69, 9.17) is 4.42 Å². The molecule has 0 spiro atoms. The van der Waals surface area contributed by atoms with Crippen LogP contribution in [0.4, 0.5) is 0 Å². The Morgan fingerprint density at radius 1 is 1.27 bits per heavy atom. The van der Waals surface area contributed by atoms with Crippen LogP contribution in [0.2, 0.25) is 0 Å². The van der Waals surface area contributed by atoms with E-state index < -0.39 is 0 Å². The molecule has 1 aliphatic heterocycles. The summed E-state index contributed by atoms with van der Waals surface area (Å²) >= 11 is 0. The van der Waals surface area contributed by atoms with Crippen molar-refractivity contribution in [3.8, 4) is 0 Å². The van der Waals surface area contributed by atoms with Gasteiger partial charge in [-0.25, -0.2) is 0 Å². The largest absolute Gasteiger partial charge is 0.451 e. The first kappa shape index (κ1) is 16.8. The summed E-state index contributed by atoms with van der Waals surface area (Å²) < 4.78 is 5.71. The lowest BCUT2D eigenvalue weighted by Gasteiger charge is -2.28. The van der Waals surface area contributed by atoms with Gasteiger partial charge in [0.05, 0.1) is 0 Å². The van der Waals surface area contributed by atoms with Gasteiger partial charge in [0.15, 0.2) is 5.76 Å². The second-order valence-corrected chi connectivity index (χ2v) is 6.13. The molecular formula is C17H23ClN2O2. The number of fused-ring (bicyclic) bond motifs is 1. The Balaban J connectivity index is 0.00000176. The molecule has 0 saturated carbocycles. The molecule has 2 N–H and O–H groups in total. The maximum Gasteiger partial charge on any atom is 0.287 e. The second kappa shape index (κ2) is 6.71. The molecule has 1 aromatic heterocycles. The van der Waals surface area contributed by atoms with E-state index in [1.54, 1.807) is 0 Å². The zero-order valence-electron chi connectivity index (χ0n) is 13.2. The minimum atomic E-state index is -0.111. The van der Waals surface area contributed by atoms with Crippen molar-refractivity contribution in [3.05, 3.63) is 35.1 Å². The topological polar surface area (TPSA) is 54.3 Å². The molecule has 2 unspecified atom stereocenters. The summed E-state index contributed by atoms with van der Waals surface area (Å²) in [4.78, 5) is 12.3. The highest BCUT2D eigenvalue weighted by Crippen LogP contribution is 2.23. The number of benzene rings is 1. The minimum Gasteiger partial charge on any atom is -0.451 e. The Kier molecular flexibility index (Phi) is 5.14. The van der Waals surface area contributed by atoms with Gasteiger partial charge in [-0.1, -0.05) is 0 Å². The van der Waals surface area contributed by atoms with Gasteiger partial charge in [0, 0.05) is 17.5 Å². The molecule has 1 amide bonds. The molecule has 3 rings (SSSR count). The van der Waals surface area contributed by atoms with Crippen LogP contribution in [0.1, 0.15) is 41.4 Å². The maximum absolute atomic E-state index is 12.3. The lowest BCUT2D eigenvalue weighted by Crippen LogP contribution is -2.46. The van der Waals surface area contributed by atoms with E-state index in [0.717, 1.165) is 30.4 Å². The molecule has 2 atom stereocenters. The highest BCUT2D eigenvalue weighted by molar-refractivity contribution is 5.96. The zero-order chi connectivity index (χ0) is 15.0. The summed E-state index contributed by atoms with van der Waals surface area (Å²) in [6.07, 6.45) is 1.93. The fourth-order valence-electron chi connectivity index (χ4n) is 2.93. The van der Waals surface area contributed by atoms with Crippen molar-refractivity contribution in [3.63, 3.8) is 0 Å². The number of rotatable bonds is 2. The number of aryl methyl sites for hydroxylation is 2. The van der Waals surface area contributed by atoms with E-state index in [1.807, 2.05) is 19.1 Å². The molecular weight excluding hydrogens is 300 g/mol. The average molecular weight is 323 g/mol. The third-order valence-electron chi connectivity index (χ3n) is 4.32. The summed E-state index contributed by atoms with van der Waals surface area (Å²) in [6.45, 7) is 7.21. The Bertz CT molecular complexity index is 642. The molecule has 2 heterocycles. The van der Waals surface area contributed by atoms with Crippen LogP contribution in [0.15, 0.2) is 22.6 Å². The van der Waals surface area contributed by atoms with E-state index in [2.05, 4.69) is 30.5 Å². The lowest BCUT2D eigenvalue weighted by molar-refractivity contribution is 0.0899. The number of hydrogen-bond donors (Lipinski definition) is 2. The fourth-order valence-corrected chi connectivity index (χ4v) is 2.93. The average Bonchev–Trinajstić information content (AvgIpc) is 2.82. The van der Waals surface area contributed by atoms with Crippen LogP contribution in [-0.2, 0) is 0 Å². The highest BCUT2D eigenvalue weighted by atomic mass is 35.5. The first-order valence-electron chi connectivity index (χ1n) is 7.58. The Labute approximate surface area is 137 Å². The molecule has 1 fully saturated rings. The summed E-state index contributed by atoms with van der Waals surface area (Å²) in [6, 6.07) is 6.57. The van der Waals surface area contributed by atoms with Crippen molar-refractivity contribution in [2.75, 3.05) is 6.54 Å². The molecule has 1 aromatic carbocycles. The predicted molar refractivity (Wildman–Crippen MR) is 90.9 cm³/mol. The van der Waals surface area contributed by atoms with Gasteiger partial charge in [-0.15, -0.1) is 12.4 Å². The Hall–Kier alpha value is -1.52. The molecule has 5 heteroatoms. The molecule has 4 nitrogen and oxygen atoms in total. The monoisotopic (exact) mass is 322 g/mol. The number of carbonyl (C=O) groups excluding carboxylic acids is 1. The molecule has 120 valence electrons. The van der Waals surface area contributed by atoms with Gasteiger partial charge >= 0.3 is 0 Å². The lowest BCUT2D eigenvalue weighted by atomic mass is 10.0. The van der Waals surface area contributed by atoms with Crippen molar-refractivity contribution >= 4 is 29.3 Å². The van der Waals surface area contributed by atoms with Crippen LogP contribution in [0.3, 0.4) is 0 Å². The zero-order valence-corrected chi connectivity index (χ0v) is 14.0. The van der Waals surface area contributed by atoms with Gasteiger partial charge in [0.25, 0.3) is 5.91 Å². The molecule has 22 heavy (non-hydrogen) atoms. The van der Waals surface area contributed by atoms with Crippen molar-refractivity contribution in [1.29, 1.82) is 0 Å². The molecule has 0 radical (unpaired) electrons. The third kappa shape index (κ3) is 3.45. The van der Waals surface area contributed by atoms with Gasteiger partial charge in [0.2, 0.25) is 0 Å². The molecule has 2 aromatic rings. The number of furan rings is 1. The smallest absolute Gasteiger partial charge is 0.287 e. The first-order valence-corrected chi connectivity index (χ1v) is 7.58. The highest BCUT2D eigenvalue weighted by Gasteiger charge is 2.22. The van der Waals surface area contributed by atoms with Crippen molar-refractivity contribution in [1.82, 2.24) is 10.6 Å². The second-order valence-electron chi connectivity index (χ2n) is 6.13. The van der Waals surface area contributed by atoms with Crippen LogP contribution < -0.4 is 10.6 Å². The molecule has 1 saturated heterocycles. The number of hydrogen-bond acceptors (Lipinski definition) is 3. The van der Waals surface area contributed by atoms with Crippen LogP contribution in [0, 0.1) is 13.8 Å². The third-order valence-corrected chi connectivity index (χ3v) is 4.32. The molecule has 1 aliphatic rings. The molecule has 0 bridgehead atoms. The van der Waals surface area contributed by atoms with Crippen LogP contribution in [-0.4, -0.2) is 24.5 Å². The fraction of sp³-hybridized carbons (Fsp3) is 0.471. The van der Waals surface area contributed by atoms with Gasteiger partial charge in [-0.05, 0) is 69.5 Å². The number of amides is 1. The van der Waals surface area contributed by atoms with Crippen molar-refractivity contribution in [2.24, 2.45) is 0 Å². The van der Waals surface area contributed by atoms with Gasteiger partial charge in [-0.2, -0.15) is 0 Å². The quantitative estimate of drug-likeness (QED) is 0.891. The number of halogens is 1. The number of nitrogens with one attached hydrogen (secondary N) is 2. The summed E-state index contributed by atoms with van der Waals surface area (Å²) in [5.41, 5.74) is 3.17. The van der Waals surface area contributed by atoms with Crippen LogP contribution in [0.5, 0.6) is 0 Å². The van der Waals surface area contributed by atoms with Crippen LogP contribution >= 0.6 is 12.4 Å². The predicted octanol–water partition coefficient (Wildman–Crippen LogP) is 3.34. The van der Waals surface area contributed by atoms with E-state index in [-0.39, 0.29) is 24.4 Å². The minimum absolute atomic E-state index is 0. The summed E-state index contributed by atoms with van der Waals surface area (Å²) in [5.74, 6) is 0.293. The van der Waals surface area contributed by atoms with Gasteiger partial charge < -0.3 is 15.1 Å². The SMILES string of the molecule is Cc1cc2cc(C(=O)NC3CCNC(C)C3)oc2cc1C.Cl. The normalized spacial score (nSPS) is 21.4. The number of carbonyl (C=O) groups is 1. The van der Waals surface area contributed by atoms with E-state index in [0.29, 0.717) is 11.8 Å². The van der Waals surface area contributed by atoms with Crippen molar-refractivity contribution in [2.45, 2.75) is 45.7 Å². The van der Waals surface area contributed by atoms with E-state index in [9.17, 15) is 4.79 Å². The number of piperidine rings is 1. The maximum atomic E-state index is 12.3. The first-order chi connectivity index (χ1) is 10.0. The molecule has 0 aliphatic carbocycles. The van der Waals surface area contributed by atoms with Gasteiger partial charge in [-0.3, -0.25) is 4.79 Å². The van der Waals surface area contributed by atoms with Crippen molar-refractivity contribution < 1.29 is 9.21 Å².